The Morgan fingerprint density at radius 3 is 2.50 bits per heavy atom. The molecule has 112 valence electrons. The van der Waals surface area contributed by atoms with Gasteiger partial charge in [-0.1, -0.05) is 6.07 Å². The number of hydrogen-bond acceptors (Lipinski definition) is 4. The van der Waals surface area contributed by atoms with Crippen LogP contribution >= 0.6 is 0 Å². The SMILES string of the molecule is N[C@@H](Cc1ccc2oc3ccc(F)cc3c(=O)c2c1)C(=O)O. The number of benzene rings is 2. The molecule has 0 saturated heterocycles. The van der Waals surface area contributed by atoms with Crippen LogP contribution in [0.2, 0.25) is 0 Å². The highest BCUT2D eigenvalue weighted by Crippen LogP contribution is 2.20. The Hall–Kier alpha value is -2.73. The van der Waals surface area contributed by atoms with Gasteiger partial charge in [0, 0.05) is 0 Å². The second kappa shape index (κ2) is 5.23. The predicted octanol–water partition coefficient (Wildman–Crippen LogP) is 2.04. The van der Waals surface area contributed by atoms with Crippen LogP contribution in [0, 0.1) is 5.82 Å². The summed E-state index contributed by atoms with van der Waals surface area (Å²) < 4.78 is 18.9. The van der Waals surface area contributed by atoms with Crippen molar-refractivity contribution >= 4 is 27.9 Å². The summed E-state index contributed by atoms with van der Waals surface area (Å²) >= 11 is 0. The molecule has 0 aliphatic carbocycles. The molecule has 0 bridgehead atoms. The van der Waals surface area contributed by atoms with Gasteiger partial charge < -0.3 is 15.3 Å². The zero-order valence-corrected chi connectivity index (χ0v) is 11.4. The highest BCUT2D eigenvalue weighted by Gasteiger charge is 2.14. The number of halogens is 1. The van der Waals surface area contributed by atoms with E-state index in [2.05, 4.69) is 0 Å². The van der Waals surface area contributed by atoms with Crippen LogP contribution in [-0.2, 0) is 11.2 Å². The lowest BCUT2D eigenvalue weighted by Crippen LogP contribution is -2.32. The maximum Gasteiger partial charge on any atom is 0.320 e. The van der Waals surface area contributed by atoms with Gasteiger partial charge in [0.05, 0.1) is 10.8 Å². The Morgan fingerprint density at radius 2 is 1.82 bits per heavy atom. The Kier molecular flexibility index (Phi) is 3.38. The lowest BCUT2D eigenvalue weighted by atomic mass is 10.0. The normalized spacial score (nSPS) is 12.6. The molecule has 6 heteroatoms. The molecule has 1 heterocycles. The minimum Gasteiger partial charge on any atom is -0.480 e. The van der Waals surface area contributed by atoms with Gasteiger partial charge in [-0.2, -0.15) is 0 Å². The van der Waals surface area contributed by atoms with Crippen LogP contribution in [0.5, 0.6) is 0 Å². The zero-order valence-electron chi connectivity index (χ0n) is 11.4. The number of hydrogen-bond donors (Lipinski definition) is 2. The van der Waals surface area contributed by atoms with Crippen LogP contribution in [-0.4, -0.2) is 17.1 Å². The molecular weight excluding hydrogens is 289 g/mol. The van der Waals surface area contributed by atoms with Crippen molar-refractivity contribution in [1.82, 2.24) is 0 Å². The molecule has 5 nitrogen and oxygen atoms in total. The van der Waals surface area contributed by atoms with Gasteiger partial charge in [-0.15, -0.1) is 0 Å². The Bertz CT molecular complexity index is 948. The summed E-state index contributed by atoms with van der Waals surface area (Å²) in [6.45, 7) is 0. The predicted molar refractivity (Wildman–Crippen MR) is 79.3 cm³/mol. The average Bonchev–Trinajstić information content (AvgIpc) is 2.49. The van der Waals surface area contributed by atoms with Crippen molar-refractivity contribution in [2.75, 3.05) is 0 Å². The smallest absolute Gasteiger partial charge is 0.320 e. The Labute approximate surface area is 123 Å². The topological polar surface area (TPSA) is 93.5 Å². The van der Waals surface area contributed by atoms with Crippen molar-refractivity contribution in [3.63, 3.8) is 0 Å². The van der Waals surface area contributed by atoms with E-state index in [1.54, 1.807) is 12.1 Å². The number of nitrogens with two attached hydrogens (primary N) is 1. The van der Waals surface area contributed by atoms with Gasteiger partial charge in [0.1, 0.15) is 23.0 Å². The molecule has 1 atom stereocenters. The van der Waals surface area contributed by atoms with Crippen molar-refractivity contribution in [2.24, 2.45) is 5.73 Å². The van der Waals surface area contributed by atoms with Crippen molar-refractivity contribution in [1.29, 1.82) is 0 Å². The molecule has 0 amide bonds. The van der Waals surface area contributed by atoms with Gasteiger partial charge in [-0.3, -0.25) is 9.59 Å². The highest BCUT2D eigenvalue weighted by molar-refractivity contribution is 5.90. The number of rotatable bonds is 3. The van der Waals surface area contributed by atoms with E-state index in [9.17, 15) is 14.0 Å². The molecule has 2 aromatic carbocycles. The van der Waals surface area contributed by atoms with Crippen LogP contribution in [0.1, 0.15) is 5.56 Å². The maximum atomic E-state index is 13.3. The van der Waals surface area contributed by atoms with Gasteiger partial charge >= 0.3 is 5.97 Å². The molecular formula is C16H12FNO4. The third-order valence-electron chi connectivity index (χ3n) is 3.47. The monoisotopic (exact) mass is 301 g/mol. The molecule has 3 aromatic rings. The fourth-order valence-corrected chi connectivity index (χ4v) is 2.34. The van der Waals surface area contributed by atoms with Gasteiger partial charge in [-0.25, -0.2) is 4.39 Å². The molecule has 0 unspecified atom stereocenters. The first-order chi connectivity index (χ1) is 10.5. The molecule has 0 saturated carbocycles. The van der Waals surface area contributed by atoms with Gasteiger partial charge in [0.15, 0.2) is 0 Å². The summed E-state index contributed by atoms with van der Waals surface area (Å²) in [7, 11) is 0. The van der Waals surface area contributed by atoms with Crippen LogP contribution in [0.15, 0.2) is 45.6 Å². The standard InChI is InChI=1S/C16H12FNO4/c17-9-2-4-14-11(7-9)15(19)10-5-8(1-3-13(10)22-14)6-12(18)16(20)21/h1-5,7,12H,6,18H2,(H,20,21)/t12-/m0/s1. The van der Waals surface area contributed by atoms with E-state index in [0.717, 1.165) is 6.07 Å². The zero-order chi connectivity index (χ0) is 15.9. The molecule has 0 radical (unpaired) electrons. The molecule has 3 rings (SSSR count). The average molecular weight is 301 g/mol. The van der Waals surface area contributed by atoms with Crippen molar-refractivity contribution in [2.45, 2.75) is 12.5 Å². The van der Waals surface area contributed by atoms with Crippen LogP contribution in [0.4, 0.5) is 4.39 Å². The molecule has 1 aromatic heterocycles. The van der Waals surface area contributed by atoms with E-state index in [-0.39, 0.29) is 22.6 Å². The van der Waals surface area contributed by atoms with E-state index in [1.165, 1.54) is 18.2 Å². The van der Waals surface area contributed by atoms with Crippen molar-refractivity contribution in [3.8, 4) is 0 Å². The third-order valence-corrected chi connectivity index (χ3v) is 3.47. The lowest BCUT2D eigenvalue weighted by molar-refractivity contribution is -0.138. The quantitative estimate of drug-likeness (QED) is 0.722. The summed E-state index contributed by atoms with van der Waals surface area (Å²) in [6.07, 6.45) is 0.0892. The van der Waals surface area contributed by atoms with E-state index in [1.807, 2.05) is 0 Å². The number of carboxylic acids is 1. The van der Waals surface area contributed by atoms with E-state index in [0.29, 0.717) is 16.7 Å². The summed E-state index contributed by atoms with van der Waals surface area (Å²) in [5, 5.41) is 9.25. The van der Waals surface area contributed by atoms with E-state index < -0.39 is 17.8 Å². The largest absolute Gasteiger partial charge is 0.480 e. The Morgan fingerprint density at radius 1 is 1.18 bits per heavy atom. The van der Waals surface area contributed by atoms with Gasteiger partial charge in [0.2, 0.25) is 5.43 Å². The molecule has 0 fully saturated rings. The molecule has 0 aliphatic heterocycles. The van der Waals surface area contributed by atoms with E-state index in [4.69, 9.17) is 15.3 Å². The van der Waals surface area contributed by atoms with Crippen molar-refractivity contribution in [3.05, 3.63) is 58.0 Å². The first-order valence-electron chi connectivity index (χ1n) is 6.59. The summed E-state index contributed by atoms with van der Waals surface area (Å²) in [5.41, 5.74) is 6.39. The summed E-state index contributed by atoms with van der Waals surface area (Å²) in [6, 6.07) is 7.47. The third kappa shape index (κ3) is 2.44. The van der Waals surface area contributed by atoms with Crippen molar-refractivity contribution < 1.29 is 18.7 Å². The second-order valence-electron chi connectivity index (χ2n) is 5.05. The molecule has 22 heavy (non-hydrogen) atoms. The molecule has 0 aliphatic rings. The van der Waals surface area contributed by atoms with Crippen LogP contribution in [0.25, 0.3) is 21.9 Å². The fraction of sp³-hybridized carbons (Fsp3) is 0.125. The maximum absolute atomic E-state index is 13.3. The summed E-state index contributed by atoms with van der Waals surface area (Å²) in [5.74, 6) is -1.64. The number of carbonyl (C=O) groups is 1. The minimum absolute atomic E-state index is 0.0892. The second-order valence-corrected chi connectivity index (χ2v) is 5.05. The van der Waals surface area contributed by atoms with Crippen LogP contribution in [0.3, 0.4) is 0 Å². The first kappa shape index (κ1) is 14.2. The number of carboxylic acid groups (broad SMARTS) is 1. The minimum atomic E-state index is -1.12. The first-order valence-corrected chi connectivity index (χ1v) is 6.59. The highest BCUT2D eigenvalue weighted by atomic mass is 19.1. The van der Waals surface area contributed by atoms with Crippen LogP contribution < -0.4 is 11.2 Å². The number of aliphatic carboxylic acids is 1. The van der Waals surface area contributed by atoms with Gasteiger partial charge in [-0.05, 0) is 42.3 Å². The van der Waals surface area contributed by atoms with E-state index >= 15 is 0 Å². The van der Waals surface area contributed by atoms with Gasteiger partial charge in [0.25, 0.3) is 0 Å². The molecule has 0 spiro atoms. The summed E-state index contributed by atoms with van der Waals surface area (Å²) in [4.78, 5) is 23.2. The molecule has 3 N–H and O–H groups in total. The lowest BCUT2D eigenvalue weighted by Gasteiger charge is -2.07. The Balaban J connectivity index is 2.19. The number of fused-ring (bicyclic) bond motifs is 2. The fourth-order valence-electron chi connectivity index (χ4n) is 2.34.